The van der Waals surface area contributed by atoms with E-state index in [0.717, 1.165) is 50.5 Å². The molecule has 0 amide bonds. The van der Waals surface area contributed by atoms with Gasteiger partial charge in [-0.05, 0) is 42.9 Å². The number of benzene rings is 1. The molecule has 24 heavy (non-hydrogen) atoms. The summed E-state index contributed by atoms with van der Waals surface area (Å²) in [5.41, 5.74) is 4.28. The van der Waals surface area contributed by atoms with E-state index in [1.165, 1.54) is 16.7 Å². The highest BCUT2D eigenvalue weighted by Crippen LogP contribution is 2.29. The Morgan fingerprint density at radius 2 is 2.08 bits per heavy atom. The van der Waals surface area contributed by atoms with Gasteiger partial charge in [0.05, 0.1) is 12.6 Å². The van der Waals surface area contributed by atoms with Gasteiger partial charge in [0.25, 0.3) is 0 Å². The first-order valence-electron chi connectivity index (χ1n) is 8.78. The minimum Gasteiger partial charge on any atom is -0.394 e. The number of aryl methyl sites for hydroxylation is 1. The average Bonchev–Trinajstić information content (AvgIpc) is 3.10. The van der Waals surface area contributed by atoms with E-state index in [4.69, 9.17) is 0 Å². The number of hydrogen-bond acceptors (Lipinski definition) is 5. The third-order valence-corrected chi connectivity index (χ3v) is 5.34. The smallest absolute Gasteiger partial charge is 0.134 e. The second kappa shape index (κ2) is 6.40. The highest BCUT2D eigenvalue weighted by atomic mass is 16.3. The Morgan fingerprint density at radius 1 is 1.21 bits per heavy atom. The third kappa shape index (κ3) is 2.73. The van der Waals surface area contributed by atoms with Crippen LogP contribution >= 0.6 is 0 Å². The number of fused-ring (bicyclic) bond motifs is 1. The number of hydrogen-bond donors (Lipinski definition) is 1. The van der Waals surface area contributed by atoms with Crippen molar-refractivity contribution in [2.75, 3.05) is 29.5 Å². The molecule has 2 aromatic rings. The highest BCUT2D eigenvalue weighted by Gasteiger charge is 2.26. The summed E-state index contributed by atoms with van der Waals surface area (Å²) in [7, 11) is 0. The lowest BCUT2D eigenvalue weighted by Crippen LogP contribution is -2.34. The summed E-state index contributed by atoms with van der Waals surface area (Å²) in [6.45, 7) is 5.23. The van der Waals surface area contributed by atoms with Crippen LogP contribution in [0.4, 0.5) is 11.6 Å². The van der Waals surface area contributed by atoms with Crippen molar-refractivity contribution in [3.63, 3.8) is 0 Å². The van der Waals surface area contributed by atoms with E-state index < -0.39 is 0 Å². The van der Waals surface area contributed by atoms with Crippen LogP contribution in [-0.4, -0.2) is 40.8 Å². The van der Waals surface area contributed by atoms with E-state index >= 15 is 0 Å². The summed E-state index contributed by atoms with van der Waals surface area (Å²) < 4.78 is 0. The Balaban J connectivity index is 1.58. The average molecular weight is 324 g/mol. The molecule has 5 heteroatoms. The van der Waals surface area contributed by atoms with Crippen molar-refractivity contribution < 1.29 is 5.11 Å². The van der Waals surface area contributed by atoms with Gasteiger partial charge in [0, 0.05) is 25.7 Å². The van der Waals surface area contributed by atoms with Crippen LogP contribution in [0.15, 0.2) is 30.6 Å². The lowest BCUT2D eigenvalue weighted by molar-refractivity contribution is 0.266. The highest BCUT2D eigenvalue weighted by molar-refractivity contribution is 5.53. The van der Waals surface area contributed by atoms with Crippen LogP contribution < -0.4 is 9.80 Å². The fraction of sp³-hybridized carbons (Fsp3) is 0.474. The van der Waals surface area contributed by atoms with E-state index in [-0.39, 0.29) is 12.6 Å². The van der Waals surface area contributed by atoms with Gasteiger partial charge in [0.15, 0.2) is 0 Å². The molecule has 0 bridgehead atoms. The van der Waals surface area contributed by atoms with Crippen molar-refractivity contribution in [2.24, 2.45) is 0 Å². The van der Waals surface area contributed by atoms with E-state index in [2.05, 4.69) is 51.0 Å². The van der Waals surface area contributed by atoms with Crippen LogP contribution in [0.5, 0.6) is 0 Å². The van der Waals surface area contributed by atoms with Crippen molar-refractivity contribution >= 4 is 11.6 Å². The standard InChI is InChI=1S/C19H24N4O/c1-14-4-2-5-15-11-22(9-7-17(14)15)18-10-19(21-13-20-18)23-8-3-6-16(23)12-24/h2,4-5,10,13,16,24H,3,6-9,11-12H2,1H3/t16-/m1/s1. The zero-order valence-corrected chi connectivity index (χ0v) is 14.1. The molecule has 126 valence electrons. The van der Waals surface area contributed by atoms with Gasteiger partial charge in [-0.1, -0.05) is 18.2 Å². The molecule has 0 radical (unpaired) electrons. The quantitative estimate of drug-likeness (QED) is 0.939. The van der Waals surface area contributed by atoms with Gasteiger partial charge in [-0.2, -0.15) is 0 Å². The fourth-order valence-electron chi connectivity index (χ4n) is 3.99. The lowest BCUT2D eigenvalue weighted by atomic mass is 9.95. The molecule has 1 N–H and O–H groups in total. The van der Waals surface area contributed by atoms with Crippen molar-refractivity contribution in [3.05, 3.63) is 47.3 Å². The van der Waals surface area contributed by atoms with Crippen LogP contribution in [0.1, 0.15) is 29.5 Å². The molecule has 3 heterocycles. The molecular formula is C19H24N4O. The minimum atomic E-state index is 0.190. The number of aliphatic hydroxyl groups is 1. The Kier molecular flexibility index (Phi) is 4.10. The maximum atomic E-state index is 9.56. The molecule has 0 aliphatic carbocycles. The molecule has 1 aromatic carbocycles. The first-order valence-corrected chi connectivity index (χ1v) is 8.78. The summed E-state index contributed by atoms with van der Waals surface area (Å²) in [6, 6.07) is 8.82. The molecule has 2 aliphatic heterocycles. The second-order valence-corrected chi connectivity index (χ2v) is 6.79. The molecule has 1 atom stereocenters. The molecular weight excluding hydrogens is 300 g/mol. The maximum absolute atomic E-state index is 9.56. The summed E-state index contributed by atoms with van der Waals surface area (Å²) in [6.07, 6.45) is 4.86. The normalized spacial score (nSPS) is 20.3. The van der Waals surface area contributed by atoms with Crippen molar-refractivity contribution in [1.29, 1.82) is 0 Å². The summed E-state index contributed by atoms with van der Waals surface area (Å²) in [4.78, 5) is 13.5. The van der Waals surface area contributed by atoms with Gasteiger partial charge in [0.2, 0.25) is 0 Å². The molecule has 0 spiro atoms. The largest absolute Gasteiger partial charge is 0.394 e. The topological polar surface area (TPSA) is 52.5 Å². The number of anilines is 2. The zero-order chi connectivity index (χ0) is 16.5. The SMILES string of the molecule is Cc1cccc2c1CCN(c1cc(N3CCC[C@@H]3CO)ncn1)C2. The van der Waals surface area contributed by atoms with Gasteiger partial charge in [-0.3, -0.25) is 0 Å². The van der Waals surface area contributed by atoms with Gasteiger partial charge >= 0.3 is 0 Å². The molecule has 0 saturated carbocycles. The van der Waals surface area contributed by atoms with Gasteiger partial charge in [0.1, 0.15) is 18.0 Å². The van der Waals surface area contributed by atoms with Crippen molar-refractivity contribution in [2.45, 2.75) is 38.8 Å². The van der Waals surface area contributed by atoms with Crippen molar-refractivity contribution in [1.82, 2.24) is 9.97 Å². The molecule has 0 unspecified atom stereocenters. The van der Waals surface area contributed by atoms with Crippen LogP contribution in [0, 0.1) is 6.92 Å². The Bertz CT molecular complexity index is 733. The maximum Gasteiger partial charge on any atom is 0.134 e. The Labute approximate surface area is 143 Å². The summed E-state index contributed by atoms with van der Waals surface area (Å²) >= 11 is 0. The van der Waals surface area contributed by atoms with Gasteiger partial charge in [-0.25, -0.2) is 9.97 Å². The number of aliphatic hydroxyl groups excluding tert-OH is 1. The van der Waals surface area contributed by atoms with Gasteiger partial charge < -0.3 is 14.9 Å². The lowest BCUT2D eigenvalue weighted by Gasteiger charge is -2.31. The number of aromatic nitrogens is 2. The van der Waals surface area contributed by atoms with Gasteiger partial charge in [-0.15, -0.1) is 0 Å². The Morgan fingerprint density at radius 3 is 2.96 bits per heavy atom. The van der Waals surface area contributed by atoms with E-state index in [1.807, 2.05) is 0 Å². The molecule has 2 aliphatic rings. The van der Waals surface area contributed by atoms with E-state index in [9.17, 15) is 5.11 Å². The predicted molar refractivity (Wildman–Crippen MR) is 95.4 cm³/mol. The van der Waals surface area contributed by atoms with Crippen LogP contribution in [-0.2, 0) is 13.0 Å². The van der Waals surface area contributed by atoms with Crippen LogP contribution in [0.25, 0.3) is 0 Å². The Hall–Kier alpha value is -2.14. The molecule has 4 rings (SSSR count). The number of nitrogens with zero attached hydrogens (tertiary/aromatic N) is 4. The number of rotatable bonds is 3. The third-order valence-electron chi connectivity index (χ3n) is 5.34. The van der Waals surface area contributed by atoms with Crippen LogP contribution in [0.2, 0.25) is 0 Å². The molecule has 1 fully saturated rings. The summed E-state index contributed by atoms with van der Waals surface area (Å²) in [5, 5.41) is 9.56. The molecule has 5 nitrogen and oxygen atoms in total. The summed E-state index contributed by atoms with van der Waals surface area (Å²) in [5.74, 6) is 1.92. The predicted octanol–water partition coefficient (Wildman–Crippen LogP) is 2.31. The first-order chi connectivity index (χ1) is 11.8. The molecule has 1 saturated heterocycles. The zero-order valence-electron chi connectivity index (χ0n) is 14.1. The van der Waals surface area contributed by atoms with Crippen LogP contribution in [0.3, 0.4) is 0 Å². The van der Waals surface area contributed by atoms with E-state index in [0.29, 0.717) is 0 Å². The monoisotopic (exact) mass is 324 g/mol. The fourth-order valence-corrected chi connectivity index (χ4v) is 3.99. The minimum absolute atomic E-state index is 0.190. The van der Waals surface area contributed by atoms with E-state index in [1.54, 1.807) is 6.33 Å². The molecule has 1 aromatic heterocycles. The van der Waals surface area contributed by atoms with Crippen molar-refractivity contribution in [3.8, 4) is 0 Å². The first kappa shape index (κ1) is 15.4. The second-order valence-electron chi connectivity index (χ2n) is 6.79.